The minimum Gasteiger partial charge on any atom is -0.497 e. The first kappa shape index (κ1) is 15.4. The lowest BCUT2D eigenvalue weighted by Crippen LogP contribution is -2.25. The lowest BCUT2D eigenvalue weighted by Gasteiger charge is -2.05. The molecule has 5 heteroatoms. The summed E-state index contributed by atoms with van der Waals surface area (Å²) in [5.41, 5.74) is 0.633. The van der Waals surface area contributed by atoms with Crippen molar-refractivity contribution in [2.45, 2.75) is 6.42 Å². The number of hydrogen-bond donors (Lipinski definition) is 1. The Labute approximate surface area is 138 Å². The zero-order valence-corrected chi connectivity index (χ0v) is 13.6. The van der Waals surface area contributed by atoms with Crippen molar-refractivity contribution in [2.75, 3.05) is 13.7 Å². The molecule has 1 N–H and O–H groups in total. The Morgan fingerprint density at radius 1 is 1.17 bits per heavy atom. The molecular formula is C18H17NO3S. The molecule has 2 heterocycles. The van der Waals surface area contributed by atoms with Gasteiger partial charge in [-0.3, -0.25) is 4.79 Å². The number of benzene rings is 1. The van der Waals surface area contributed by atoms with Gasteiger partial charge in [0.05, 0.1) is 18.3 Å². The Morgan fingerprint density at radius 2 is 2.00 bits per heavy atom. The molecule has 0 fully saturated rings. The third kappa shape index (κ3) is 3.81. The third-order valence-electron chi connectivity index (χ3n) is 3.43. The Bertz CT molecular complexity index is 760. The minimum atomic E-state index is -0.0736. The molecule has 0 atom stereocenters. The monoisotopic (exact) mass is 327 g/mol. The molecule has 1 aromatic carbocycles. The second kappa shape index (κ2) is 7.15. The third-order valence-corrected chi connectivity index (χ3v) is 4.59. The van der Waals surface area contributed by atoms with Gasteiger partial charge in [0.25, 0.3) is 5.91 Å². The van der Waals surface area contributed by atoms with Crippen LogP contribution in [0.5, 0.6) is 5.75 Å². The number of furan rings is 1. The van der Waals surface area contributed by atoms with Gasteiger partial charge < -0.3 is 14.5 Å². The SMILES string of the molecule is COc1ccc(C(=O)NCCc2ccc(-c3ccco3)s2)cc1. The van der Waals surface area contributed by atoms with Gasteiger partial charge in [-0.2, -0.15) is 0 Å². The zero-order valence-electron chi connectivity index (χ0n) is 12.7. The van der Waals surface area contributed by atoms with Crippen LogP contribution < -0.4 is 10.1 Å². The van der Waals surface area contributed by atoms with Crippen molar-refractivity contribution in [2.24, 2.45) is 0 Å². The highest BCUT2D eigenvalue weighted by atomic mass is 32.1. The lowest BCUT2D eigenvalue weighted by molar-refractivity contribution is 0.0954. The average Bonchev–Trinajstić information content (AvgIpc) is 3.26. The van der Waals surface area contributed by atoms with E-state index in [1.807, 2.05) is 18.2 Å². The van der Waals surface area contributed by atoms with Gasteiger partial charge in [0, 0.05) is 17.0 Å². The fourth-order valence-corrected chi connectivity index (χ4v) is 3.18. The summed E-state index contributed by atoms with van der Waals surface area (Å²) in [5, 5.41) is 2.93. The van der Waals surface area contributed by atoms with Gasteiger partial charge in [-0.15, -0.1) is 11.3 Å². The summed E-state index contributed by atoms with van der Waals surface area (Å²) in [4.78, 5) is 14.4. The zero-order chi connectivity index (χ0) is 16.1. The maximum atomic E-state index is 12.1. The van der Waals surface area contributed by atoms with Crippen molar-refractivity contribution in [3.8, 4) is 16.4 Å². The molecule has 23 heavy (non-hydrogen) atoms. The highest BCUT2D eigenvalue weighted by molar-refractivity contribution is 7.15. The van der Waals surface area contributed by atoms with Crippen molar-refractivity contribution < 1.29 is 13.9 Å². The van der Waals surface area contributed by atoms with Gasteiger partial charge in [0.15, 0.2) is 0 Å². The highest BCUT2D eigenvalue weighted by Gasteiger charge is 2.07. The second-order valence-corrected chi connectivity index (χ2v) is 6.15. The van der Waals surface area contributed by atoms with Gasteiger partial charge >= 0.3 is 0 Å². The fraction of sp³-hybridized carbons (Fsp3) is 0.167. The molecule has 3 rings (SSSR count). The van der Waals surface area contributed by atoms with Crippen molar-refractivity contribution in [1.82, 2.24) is 5.32 Å². The largest absolute Gasteiger partial charge is 0.497 e. The molecule has 0 bridgehead atoms. The van der Waals surface area contributed by atoms with Crippen LogP contribution in [0.2, 0.25) is 0 Å². The van der Waals surface area contributed by atoms with Gasteiger partial charge in [0.1, 0.15) is 11.5 Å². The number of carbonyl (C=O) groups excluding carboxylic acids is 1. The van der Waals surface area contributed by atoms with E-state index in [1.54, 1.807) is 49.0 Å². The second-order valence-electron chi connectivity index (χ2n) is 4.98. The van der Waals surface area contributed by atoms with Crippen LogP contribution in [0.15, 0.2) is 59.2 Å². The molecule has 0 aliphatic rings. The first-order valence-electron chi connectivity index (χ1n) is 7.31. The molecule has 0 radical (unpaired) electrons. The molecule has 0 aliphatic heterocycles. The van der Waals surface area contributed by atoms with Crippen molar-refractivity contribution in [3.63, 3.8) is 0 Å². The van der Waals surface area contributed by atoms with E-state index in [9.17, 15) is 4.79 Å². The first-order chi connectivity index (χ1) is 11.3. The van der Waals surface area contributed by atoms with Crippen LogP contribution in [-0.4, -0.2) is 19.6 Å². The van der Waals surface area contributed by atoms with E-state index in [4.69, 9.17) is 9.15 Å². The molecule has 4 nitrogen and oxygen atoms in total. The summed E-state index contributed by atoms with van der Waals surface area (Å²) >= 11 is 1.68. The Hall–Kier alpha value is -2.53. The Kier molecular flexibility index (Phi) is 4.78. The van der Waals surface area contributed by atoms with E-state index >= 15 is 0 Å². The molecule has 0 unspecified atom stereocenters. The molecule has 0 aliphatic carbocycles. The predicted octanol–water partition coefficient (Wildman–Crippen LogP) is 3.99. The van der Waals surface area contributed by atoms with Gasteiger partial charge in [-0.05, 0) is 55.0 Å². The Balaban J connectivity index is 1.51. The molecule has 3 aromatic rings. The van der Waals surface area contributed by atoms with Gasteiger partial charge in [-0.1, -0.05) is 0 Å². The lowest BCUT2D eigenvalue weighted by atomic mass is 10.2. The van der Waals surface area contributed by atoms with Crippen molar-refractivity contribution in [1.29, 1.82) is 0 Å². The summed E-state index contributed by atoms with van der Waals surface area (Å²) in [6.07, 6.45) is 2.47. The van der Waals surface area contributed by atoms with E-state index in [-0.39, 0.29) is 5.91 Å². The Morgan fingerprint density at radius 3 is 2.70 bits per heavy atom. The van der Waals surface area contributed by atoms with Crippen molar-refractivity contribution >= 4 is 17.2 Å². The van der Waals surface area contributed by atoms with Crippen LogP contribution in [0.4, 0.5) is 0 Å². The molecule has 118 valence electrons. The number of methoxy groups -OCH3 is 1. The van der Waals surface area contributed by atoms with E-state index in [1.165, 1.54) is 4.88 Å². The summed E-state index contributed by atoms with van der Waals surface area (Å²) in [5.74, 6) is 1.55. The molecule has 0 saturated carbocycles. The average molecular weight is 327 g/mol. The first-order valence-corrected chi connectivity index (χ1v) is 8.13. The number of ether oxygens (including phenoxy) is 1. The number of carbonyl (C=O) groups is 1. The van der Waals surface area contributed by atoms with Crippen LogP contribution in [-0.2, 0) is 6.42 Å². The smallest absolute Gasteiger partial charge is 0.251 e. The number of rotatable bonds is 6. The van der Waals surface area contributed by atoms with Gasteiger partial charge in [-0.25, -0.2) is 0 Å². The molecule has 0 saturated heterocycles. The van der Waals surface area contributed by atoms with Crippen LogP contribution >= 0.6 is 11.3 Å². The van der Waals surface area contributed by atoms with E-state index in [2.05, 4.69) is 11.4 Å². The summed E-state index contributed by atoms with van der Waals surface area (Å²) in [6.45, 7) is 0.600. The van der Waals surface area contributed by atoms with Crippen LogP contribution in [0, 0.1) is 0 Å². The number of hydrogen-bond acceptors (Lipinski definition) is 4. The van der Waals surface area contributed by atoms with Crippen LogP contribution in [0.25, 0.3) is 10.6 Å². The normalized spacial score (nSPS) is 10.5. The topological polar surface area (TPSA) is 51.5 Å². The molecule has 1 amide bonds. The molecule has 2 aromatic heterocycles. The van der Waals surface area contributed by atoms with E-state index in [0.717, 1.165) is 22.8 Å². The minimum absolute atomic E-state index is 0.0736. The number of amides is 1. The summed E-state index contributed by atoms with van der Waals surface area (Å²) in [6, 6.07) is 15.0. The molecular weight excluding hydrogens is 310 g/mol. The molecule has 0 spiro atoms. The highest BCUT2D eigenvalue weighted by Crippen LogP contribution is 2.28. The predicted molar refractivity (Wildman–Crippen MR) is 91.1 cm³/mol. The number of thiophene rings is 1. The van der Waals surface area contributed by atoms with E-state index < -0.39 is 0 Å². The van der Waals surface area contributed by atoms with Crippen LogP contribution in [0.3, 0.4) is 0 Å². The standard InChI is InChI=1S/C18H17NO3S/c1-21-14-6-4-13(5-7-14)18(20)19-11-10-15-8-9-17(23-15)16-3-2-12-22-16/h2-9,12H,10-11H2,1H3,(H,19,20). The fourth-order valence-electron chi connectivity index (χ4n) is 2.21. The van der Waals surface area contributed by atoms with Crippen molar-refractivity contribution in [3.05, 3.63) is 65.2 Å². The summed E-state index contributed by atoms with van der Waals surface area (Å²) < 4.78 is 10.5. The summed E-state index contributed by atoms with van der Waals surface area (Å²) in [7, 11) is 1.60. The van der Waals surface area contributed by atoms with Crippen LogP contribution in [0.1, 0.15) is 15.2 Å². The maximum absolute atomic E-state index is 12.1. The quantitative estimate of drug-likeness (QED) is 0.745. The van der Waals surface area contributed by atoms with E-state index in [0.29, 0.717) is 12.1 Å². The van der Waals surface area contributed by atoms with Gasteiger partial charge in [0.2, 0.25) is 0 Å². The number of nitrogens with one attached hydrogen (secondary N) is 1. The maximum Gasteiger partial charge on any atom is 0.251 e.